The fourth-order valence-electron chi connectivity index (χ4n) is 1.68. The van der Waals surface area contributed by atoms with Gasteiger partial charge in [-0.05, 0) is 24.3 Å². The maximum Gasteiger partial charge on any atom is 0.119 e. The molecule has 90 valence electrons. The summed E-state index contributed by atoms with van der Waals surface area (Å²) in [6.45, 7) is 5.07. The van der Waals surface area contributed by atoms with Gasteiger partial charge in [-0.25, -0.2) is 0 Å². The number of rotatable bonds is 4. The molecule has 0 bridgehead atoms. The minimum Gasteiger partial charge on any atom is -0.497 e. The minimum atomic E-state index is 0.475. The highest BCUT2D eigenvalue weighted by atomic mass is 16.5. The van der Waals surface area contributed by atoms with Gasteiger partial charge in [0.05, 0.1) is 18.3 Å². The lowest BCUT2D eigenvalue weighted by Gasteiger charge is -2.08. The van der Waals surface area contributed by atoms with Crippen molar-refractivity contribution in [3.63, 3.8) is 0 Å². The zero-order chi connectivity index (χ0) is 12.3. The molecule has 17 heavy (non-hydrogen) atoms. The summed E-state index contributed by atoms with van der Waals surface area (Å²) in [6, 6.07) is 10.5. The number of hydrogen-bond acceptors (Lipinski definition) is 3. The summed E-state index contributed by atoms with van der Waals surface area (Å²) in [7, 11) is 1.68. The van der Waals surface area contributed by atoms with E-state index in [1.54, 1.807) is 7.11 Å². The molecular formula is C14H18N2O. The summed E-state index contributed by atoms with van der Waals surface area (Å²) < 4.78 is 5.19. The van der Waals surface area contributed by atoms with Crippen LogP contribution in [0.4, 0.5) is 0 Å². The molecule has 0 saturated heterocycles. The molecule has 0 aliphatic rings. The van der Waals surface area contributed by atoms with Gasteiger partial charge in [-0.1, -0.05) is 19.9 Å². The Morgan fingerprint density at radius 3 is 2.76 bits per heavy atom. The van der Waals surface area contributed by atoms with Gasteiger partial charge in [-0.2, -0.15) is 0 Å². The lowest BCUT2D eigenvalue weighted by Crippen LogP contribution is -2.22. The second-order valence-electron chi connectivity index (χ2n) is 4.40. The standard InChI is InChI=1S/C14H18N2O/c1-10(2)15-9-12-5-4-11-8-13(17-3)6-7-14(11)16-12/h4-8,10,15H,9H2,1-3H3. The molecule has 0 aliphatic carbocycles. The van der Waals surface area contributed by atoms with Crippen molar-refractivity contribution in [1.29, 1.82) is 0 Å². The number of fused-ring (bicyclic) bond motifs is 1. The Bertz CT molecular complexity index is 509. The molecule has 1 aromatic carbocycles. The topological polar surface area (TPSA) is 34.1 Å². The Morgan fingerprint density at radius 2 is 2.06 bits per heavy atom. The zero-order valence-electron chi connectivity index (χ0n) is 10.5. The highest BCUT2D eigenvalue weighted by Gasteiger charge is 2.01. The van der Waals surface area contributed by atoms with Crippen molar-refractivity contribution < 1.29 is 4.74 Å². The van der Waals surface area contributed by atoms with E-state index in [0.717, 1.165) is 28.9 Å². The zero-order valence-corrected chi connectivity index (χ0v) is 10.5. The van der Waals surface area contributed by atoms with Crippen LogP contribution in [0.3, 0.4) is 0 Å². The number of pyridine rings is 1. The number of benzene rings is 1. The average Bonchev–Trinajstić information content (AvgIpc) is 2.35. The molecule has 0 atom stereocenters. The second-order valence-corrected chi connectivity index (χ2v) is 4.40. The van der Waals surface area contributed by atoms with Gasteiger partial charge in [0, 0.05) is 18.0 Å². The van der Waals surface area contributed by atoms with E-state index in [-0.39, 0.29) is 0 Å². The van der Waals surface area contributed by atoms with Crippen LogP contribution < -0.4 is 10.1 Å². The van der Waals surface area contributed by atoms with Crippen LogP contribution >= 0.6 is 0 Å². The van der Waals surface area contributed by atoms with Gasteiger partial charge in [0.25, 0.3) is 0 Å². The van der Waals surface area contributed by atoms with Crippen LogP contribution in [0.1, 0.15) is 19.5 Å². The van der Waals surface area contributed by atoms with E-state index in [0.29, 0.717) is 6.04 Å². The van der Waals surface area contributed by atoms with E-state index in [9.17, 15) is 0 Å². The van der Waals surface area contributed by atoms with Crippen LogP contribution in [-0.2, 0) is 6.54 Å². The highest BCUT2D eigenvalue weighted by molar-refractivity contribution is 5.80. The molecular weight excluding hydrogens is 212 g/mol. The average molecular weight is 230 g/mol. The highest BCUT2D eigenvalue weighted by Crippen LogP contribution is 2.19. The molecule has 1 aromatic heterocycles. The Kier molecular flexibility index (Phi) is 3.59. The Hall–Kier alpha value is -1.61. The molecule has 0 radical (unpaired) electrons. The van der Waals surface area contributed by atoms with Gasteiger partial charge in [0.15, 0.2) is 0 Å². The third-order valence-corrected chi connectivity index (χ3v) is 2.65. The normalized spacial score (nSPS) is 11.1. The largest absolute Gasteiger partial charge is 0.497 e. The van der Waals surface area contributed by atoms with E-state index in [2.05, 4.69) is 36.3 Å². The molecule has 1 heterocycles. The number of methoxy groups -OCH3 is 1. The molecule has 2 rings (SSSR count). The van der Waals surface area contributed by atoms with Gasteiger partial charge in [0.1, 0.15) is 5.75 Å². The maximum absolute atomic E-state index is 5.19. The summed E-state index contributed by atoms with van der Waals surface area (Å²) in [5, 5.41) is 4.47. The predicted octanol–water partition coefficient (Wildman–Crippen LogP) is 2.74. The number of hydrogen-bond donors (Lipinski definition) is 1. The third-order valence-electron chi connectivity index (χ3n) is 2.65. The molecule has 0 aliphatic heterocycles. The first-order valence-electron chi connectivity index (χ1n) is 5.86. The van der Waals surface area contributed by atoms with Crippen LogP contribution in [0, 0.1) is 0 Å². The van der Waals surface area contributed by atoms with Crippen molar-refractivity contribution >= 4 is 10.9 Å². The summed E-state index contributed by atoms with van der Waals surface area (Å²) in [4.78, 5) is 4.60. The van der Waals surface area contributed by atoms with E-state index in [1.165, 1.54) is 0 Å². The van der Waals surface area contributed by atoms with Gasteiger partial charge in [0.2, 0.25) is 0 Å². The minimum absolute atomic E-state index is 0.475. The first-order chi connectivity index (χ1) is 8.19. The van der Waals surface area contributed by atoms with Crippen molar-refractivity contribution in [2.24, 2.45) is 0 Å². The van der Waals surface area contributed by atoms with E-state index in [1.807, 2.05) is 18.2 Å². The lowest BCUT2D eigenvalue weighted by molar-refractivity contribution is 0.415. The Balaban J connectivity index is 2.25. The second kappa shape index (κ2) is 5.15. The van der Waals surface area contributed by atoms with Gasteiger partial charge in [-0.15, -0.1) is 0 Å². The molecule has 0 spiro atoms. The summed E-state index contributed by atoms with van der Waals surface area (Å²) >= 11 is 0. The number of ether oxygens (including phenoxy) is 1. The fourth-order valence-corrected chi connectivity index (χ4v) is 1.68. The van der Waals surface area contributed by atoms with Crippen LogP contribution in [0.2, 0.25) is 0 Å². The maximum atomic E-state index is 5.19. The molecule has 0 saturated carbocycles. The van der Waals surface area contributed by atoms with Crippen molar-refractivity contribution in [1.82, 2.24) is 10.3 Å². The van der Waals surface area contributed by atoms with Crippen LogP contribution in [0.15, 0.2) is 30.3 Å². The number of nitrogens with one attached hydrogen (secondary N) is 1. The first kappa shape index (κ1) is 11.9. The molecule has 1 N–H and O–H groups in total. The number of nitrogens with zero attached hydrogens (tertiary/aromatic N) is 1. The smallest absolute Gasteiger partial charge is 0.119 e. The Labute approximate surface area is 102 Å². The quantitative estimate of drug-likeness (QED) is 0.877. The van der Waals surface area contributed by atoms with Crippen LogP contribution in [0.25, 0.3) is 10.9 Å². The van der Waals surface area contributed by atoms with Crippen molar-refractivity contribution in [2.45, 2.75) is 26.4 Å². The summed E-state index contributed by atoms with van der Waals surface area (Å²) in [5.74, 6) is 0.868. The monoisotopic (exact) mass is 230 g/mol. The lowest BCUT2D eigenvalue weighted by atomic mass is 10.2. The molecule has 3 nitrogen and oxygen atoms in total. The SMILES string of the molecule is COc1ccc2nc(CNC(C)C)ccc2c1. The van der Waals surface area contributed by atoms with Gasteiger partial charge in [-0.3, -0.25) is 4.98 Å². The summed E-state index contributed by atoms with van der Waals surface area (Å²) in [5.41, 5.74) is 2.07. The van der Waals surface area contributed by atoms with Gasteiger partial charge < -0.3 is 10.1 Å². The number of aromatic nitrogens is 1. The first-order valence-corrected chi connectivity index (χ1v) is 5.86. The van der Waals surface area contributed by atoms with Gasteiger partial charge >= 0.3 is 0 Å². The van der Waals surface area contributed by atoms with Crippen molar-refractivity contribution in [2.75, 3.05) is 7.11 Å². The molecule has 0 unspecified atom stereocenters. The van der Waals surface area contributed by atoms with Crippen molar-refractivity contribution in [3.05, 3.63) is 36.0 Å². The third kappa shape index (κ3) is 2.94. The van der Waals surface area contributed by atoms with Crippen molar-refractivity contribution in [3.8, 4) is 5.75 Å². The van der Waals surface area contributed by atoms with E-state index < -0.39 is 0 Å². The van der Waals surface area contributed by atoms with E-state index in [4.69, 9.17) is 4.74 Å². The predicted molar refractivity (Wildman–Crippen MR) is 70.3 cm³/mol. The molecule has 0 amide bonds. The van der Waals surface area contributed by atoms with Crippen LogP contribution in [0.5, 0.6) is 5.75 Å². The fraction of sp³-hybridized carbons (Fsp3) is 0.357. The molecule has 3 heteroatoms. The van der Waals surface area contributed by atoms with Crippen LogP contribution in [-0.4, -0.2) is 18.1 Å². The molecule has 2 aromatic rings. The Morgan fingerprint density at radius 1 is 1.24 bits per heavy atom. The van der Waals surface area contributed by atoms with E-state index >= 15 is 0 Å². The molecule has 0 fully saturated rings. The summed E-state index contributed by atoms with van der Waals surface area (Å²) in [6.07, 6.45) is 0.